The van der Waals surface area contributed by atoms with Crippen LogP contribution in [0.5, 0.6) is 0 Å². The van der Waals surface area contributed by atoms with Crippen LogP contribution in [0.15, 0.2) is 134 Å². The van der Waals surface area contributed by atoms with Crippen molar-refractivity contribution in [2.45, 2.75) is 271 Å². The van der Waals surface area contributed by atoms with Gasteiger partial charge in [0.25, 0.3) is 0 Å². The van der Waals surface area contributed by atoms with Gasteiger partial charge in [-0.2, -0.15) is 0 Å². The minimum absolute atomic E-state index is 0.107. The third kappa shape index (κ3) is 60.3. The number of hydrogen-bond donors (Lipinski definition) is 0. The first kappa shape index (κ1) is 70.5. The third-order valence-corrected chi connectivity index (χ3v) is 12.7. The maximum atomic E-state index is 12.9. The average Bonchev–Trinajstić information content (AvgIpc) is 3.41. The van der Waals surface area contributed by atoms with E-state index in [0.29, 0.717) is 19.3 Å². The number of hydrogen-bond acceptors (Lipinski definition) is 6. The normalized spacial score (nSPS) is 13.1. The summed E-state index contributed by atoms with van der Waals surface area (Å²) in [4.78, 5) is 38.2. The summed E-state index contributed by atoms with van der Waals surface area (Å²) in [5.74, 6) is -0.980. The Kier molecular flexibility index (Phi) is 58.4. The monoisotopic (exact) mass is 1040 g/mol. The fourth-order valence-electron chi connectivity index (χ4n) is 8.13. The highest BCUT2D eigenvalue weighted by molar-refractivity contribution is 5.71. The molecule has 0 heterocycles. The second-order valence-electron chi connectivity index (χ2n) is 19.9. The van der Waals surface area contributed by atoms with E-state index in [1.54, 1.807) is 0 Å². The highest BCUT2D eigenvalue weighted by atomic mass is 16.6. The Morgan fingerprint density at radius 2 is 0.533 bits per heavy atom. The summed E-state index contributed by atoms with van der Waals surface area (Å²) >= 11 is 0. The number of carbonyl (C=O) groups is 3. The molecule has 6 heteroatoms. The number of rotatable bonds is 54. The predicted octanol–water partition coefficient (Wildman–Crippen LogP) is 21.0. The first-order valence-electron chi connectivity index (χ1n) is 30.7. The molecule has 0 aliphatic heterocycles. The maximum Gasteiger partial charge on any atom is 0.306 e. The van der Waals surface area contributed by atoms with Crippen molar-refractivity contribution in [3.8, 4) is 0 Å². The Balaban J connectivity index is 4.47. The molecule has 0 aliphatic carbocycles. The smallest absolute Gasteiger partial charge is 0.306 e. The second kappa shape index (κ2) is 62.1. The lowest BCUT2D eigenvalue weighted by Gasteiger charge is -2.18. The molecule has 0 saturated carbocycles. The predicted molar refractivity (Wildman–Crippen MR) is 325 cm³/mol. The summed E-state index contributed by atoms with van der Waals surface area (Å²) < 4.78 is 16.8. The molecule has 0 aromatic heterocycles. The molecule has 0 rings (SSSR count). The zero-order chi connectivity index (χ0) is 54.3. The third-order valence-electron chi connectivity index (χ3n) is 12.7. The molecule has 0 spiro atoms. The molecule has 0 bridgehead atoms. The van der Waals surface area contributed by atoms with Crippen molar-refractivity contribution < 1.29 is 28.6 Å². The minimum Gasteiger partial charge on any atom is -0.462 e. The minimum atomic E-state index is -0.818. The van der Waals surface area contributed by atoms with Crippen LogP contribution in [0.3, 0.4) is 0 Å². The molecular formula is C69H112O6. The average molecular weight is 1040 g/mol. The van der Waals surface area contributed by atoms with E-state index < -0.39 is 6.10 Å². The molecule has 0 radical (unpaired) electrons. The van der Waals surface area contributed by atoms with Gasteiger partial charge in [0.2, 0.25) is 0 Å². The van der Waals surface area contributed by atoms with Crippen LogP contribution in [0, 0.1) is 0 Å². The van der Waals surface area contributed by atoms with E-state index >= 15 is 0 Å². The van der Waals surface area contributed by atoms with Crippen LogP contribution in [0.25, 0.3) is 0 Å². The maximum absolute atomic E-state index is 12.9. The molecule has 1 unspecified atom stereocenters. The first-order valence-corrected chi connectivity index (χ1v) is 30.7. The van der Waals surface area contributed by atoms with E-state index in [0.717, 1.165) is 128 Å². The summed E-state index contributed by atoms with van der Waals surface area (Å²) in [6.07, 6.45) is 87.4. The zero-order valence-electron chi connectivity index (χ0n) is 48.5. The molecule has 424 valence electrons. The van der Waals surface area contributed by atoms with Gasteiger partial charge in [-0.05, 0) is 109 Å². The van der Waals surface area contributed by atoms with Gasteiger partial charge in [0, 0.05) is 19.3 Å². The molecule has 75 heavy (non-hydrogen) atoms. The largest absolute Gasteiger partial charge is 0.462 e. The number of allylic oxidation sites excluding steroid dienone is 22. The molecule has 1 atom stereocenters. The van der Waals surface area contributed by atoms with E-state index in [-0.39, 0.29) is 37.5 Å². The number of unbranched alkanes of at least 4 members (excludes halogenated alkanes) is 21. The van der Waals surface area contributed by atoms with Crippen LogP contribution in [0.2, 0.25) is 0 Å². The quantitative estimate of drug-likeness (QED) is 0.0261. The second-order valence-corrected chi connectivity index (χ2v) is 19.9. The van der Waals surface area contributed by atoms with E-state index in [9.17, 15) is 14.4 Å². The molecule has 0 amide bonds. The molecule has 0 aromatic rings. The van der Waals surface area contributed by atoms with E-state index in [4.69, 9.17) is 14.2 Å². The lowest BCUT2D eigenvalue weighted by Crippen LogP contribution is -2.30. The van der Waals surface area contributed by atoms with Crippen molar-refractivity contribution in [1.82, 2.24) is 0 Å². The first-order chi connectivity index (χ1) is 37.0. The van der Waals surface area contributed by atoms with Gasteiger partial charge in [0.15, 0.2) is 6.10 Å². The van der Waals surface area contributed by atoms with E-state index in [1.807, 2.05) is 0 Å². The van der Waals surface area contributed by atoms with Crippen molar-refractivity contribution in [2.24, 2.45) is 0 Å². The summed E-state index contributed by atoms with van der Waals surface area (Å²) in [6, 6.07) is 0. The Morgan fingerprint density at radius 1 is 0.280 bits per heavy atom. The van der Waals surface area contributed by atoms with Crippen molar-refractivity contribution in [2.75, 3.05) is 13.2 Å². The van der Waals surface area contributed by atoms with Gasteiger partial charge >= 0.3 is 17.9 Å². The summed E-state index contributed by atoms with van der Waals surface area (Å²) in [5.41, 5.74) is 0. The molecule has 0 aromatic carbocycles. The van der Waals surface area contributed by atoms with Crippen molar-refractivity contribution in [3.05, 3.63) is 134 Å². The highest BCUT2D eigenvalue weighted by Gasteiger charge is 2.19. The summed E-state index contributed by atoms with van der Waals surface area (Å²) in [7, 11) is 0. The van der Waals surface area contributed by atoms with Crippen LogP contribution in [0.4, 0.5) is 0 Å². The van der Waals surface area contributed by atoms with E-state index in [1.165, 1.54) is 89.9 Å². The molecular weight excluding hydrogens is 925 g/mol. The number of esters is 3. The van der Waals surface area contributed by atoms with Gasteiger partial charge in [0.1, 0.15) is 13.2 Å². The lowest BCUT2D eigenvalue weighted by atomic mass is 10.0. The van der Waals surface area contributed by atoms with Crippen molar-refractivity contribution >= 4 is 17.9 Å². The molecule has 0 saturated heterocycles. The SMILES string of the molecule is CC/C=C\C/C=C\C/C=C\C/C=C\C/C=C\C/C=C\CCCCCCCCC(=O)OCC(COC(=O)CCCCCCCCCCCCCCCCC)OC(=O)CCC/C=C\C/C=C\C/C=C\C/C=C\C/C=C\CC. The Bertz CT molecular complexity index is 1620. The Hall–Kier alpha value is -4.45. The van der Waals surface area contributed by atoms with Crippen LogP contribution in [0.1, 0.15) is 265 Å². The van der Waals surface area contributed by atoms with Gasteiger partial charge in [-0.15, -0.1) is 0 Å². The fourth-order valence-corrected chi connectivity index (χ4v) is 8.13. The molecule has 0 fully saturated rings. The van der Waals surface area contributed by atoms with Crippen LogP contribution in [-0.4, -0.2) is 37.2 Å². The van der Waals surface area contributed by atoms with Crippen LogP contribution in [-0.2, 0) is 28.6 Å². The standard InChI is InChI=1S/C69H112O6/c1-4-7-10-13-16-19-22-25-28-30-31-32-33-34-35-36-37-39-41-44-47-50-53-56-59-62-68(71)74-65-66(64-73-67(70)61-58-55-52-49-46-43-40-27-24-21-18-15-12-9-6-3)75-69(72)63-60-57-54-51-48-45-42-38-29-26-23-20-17-14-11-8-5-2/h7-8,10-11,16-17,19-20,25-26,28-29,31-32,34-35,37,39,42,45,51,54,66H,4-6,9,12-15,18,21-24,27,30,33,36,38,40-41,43-44,46-50,52-53,55-65H2,1-3H3/b10-7-,11-8-,19-16-,20-17-,28-25-,29-26-,32-31-,35-34-,39-37-,45-42-,54-51-. The fraction of sp³-hybridized carbons (Fsp3) is 0.638. The van der Waals surface area contributed by atoms with E-state index in [2.05, 4.69) is 154 Å². The number of ether oxygens (including phenoxy) is 3. The zero-order valence-corrected chi connectivity index (χ0v) is 48.5. The van der Waals surface area contributed by atoms with Crippen molar-refractivity contribution in [1.29, 1.82) is 0 Å². The lowest BCUT2D eigenvalue weighted by molar-refractivity contribution is -0.167. The van der Waals surface area contributed by atoms with Crippen molar-refractivity contribution in [3.63, 3.8) is 0 Å². The molecule has 0 N–H and O–H groups in total. The Morgan fingerprint density at radius 3 is 0.853 bits per heavy atom. The van der Waals surface area contributed by atoms with Gasteiger partial charge < -0.3 is 14.2 Å². The molecule has 0 aliphatic rings. The Labute approximate surface area is 462 Å². The summed E-state index contributed by atoms with van der Waals surface area (Å²) in [6.45, 7) is 6.36. The van der Waals surface area contributed by atoms with Crippen LogP contribution >= 0.6 is 0 Å². The molecule has 6 nitrogen and oxygen atoms in total. The van der Waals surface area contributed by atoms with Gasteiger partial charge in [-0.1, -0.05) is 270 Å². The number of carbonyl (C=O) groups excluding carboxylic acids is 3. The van der Waals surface area contributed by atoms with Gasteiger partial charge in [0.05, 0.1) is 0 Å². The van der Waals surface area contributed by atoms with Crippen LogP contribution < -0.4 is 0 Å². The van der Waals surface area contributed by atoms with Gasteiger partial charge in [-0.25, -0.2) is 0 Å². The topological polar surface area (TPSA) is 78.9 Å². The highest BCUT2D eigenvalue weighted by Crippen LogP contribution is 2.15. The summed E-state index contributed by atoms with van der Waals surface area (Å²) in [5, 5.41) is 0. The van der Waals surface area contributed by atoms with Gasteiger partial charge in [-0.3, -0.25) is 14.4 Å².